The summed E-state index contributed by atoms with van der Waals surface area (Å²) in [5, 5.41) is 0. The van der Waals surface area contributed by atoms with Gasteiger partial charge >= 0.3 is 0 Å². The zero-order valence-electron chi connectivity index (χ0n) is 19.4. The van der Waals surface area contributed by atoms with E-state index in [1.54, 1.807) is 48.5 Å². The van der Waals surface area contributed by atoms with Gasteiger partial charge in [-0.2, -0.15) is 0 Å². The van der Waals surface area contributed by atoms with Crippen LogP contribution in [0.25, 0.3) is 0 Å². The Kier molecular flexibility index (Phi) is 6.79. The van der Waals surface area contributed by atoms with Crippen molar-refractivity contribution in [3.63, 3.8) is 0 Å². The number of nitrogens with zero attached hydrogens (tertiary/aromatic N) is 2. The zero-order valence-corrected chi connectivity index (χ0v) is 20.2. The molecule has 0 aliphatic heterocycles. The highest BCUT2D eigenvalue weighted by molar-refractivity contribution is 7.92. The van der Waals surface area contributed by atoms with Crippen molar-refractivity contribution in [2.24, 2.45) is 0 Å². The van der Waals surface area contributed by atoms with Gasteiger partial charge in [0.15, 0.2) is 6.61 Å². The molecule has 6 nitrogen and oxygen atoms in total. The van der Waals surface area contributed by atoms with Gasteiger partial charge in [0.2, 0.25) is 5.78 Å². The van der Waals surface area contributed by atoms with E-state index in [0.717, 1.165) is 17.0 Å². The molecule has 2 aromatic carbocycles. The van der Waals surface area contributed by atoms with Crippen LogP contribution in [0.4, 0.5) is 5.69 Å². The number of ketones is 1. The summed E-state index contributed by atoms with van der Waals surface area (Å²) in [7, 11) is -2.15. The molecular weight excluding hydrogens is 424 g/mol. The second-order valence-electron chi connectivity index (χ2n) is 8.24. The van der Waals surface area contributed by atoms with Crippen LogP contribution in [0.1, 0.15) is 47.2 Å². The molecule has 0 aliphatic rings. The number of aryl methyl sites for hydroxylation is 2. The average molecular weight is 455 g/mol. The van der Waals surface area contributed by atoms with Gasteiger partial charge in [-0.3, -0.25) is 9.10 Å². The van der Waals surface area contributed by atoms with Crippen molar-refractivity contribution in [3.8, 4) is 5.75 Å². The fraction of sp³-hybridized carbons (Fsp3) is 0.320. The average Bonchev–Trinajstić information content (AvgIpc) is 3.06. The monoisotopic (exact) mass is 454 g/mol. The van der Waals surface area contributed by atoms with Crippen molar-refractivity contribution in [1.29, 1.82) is 0 Å². The van der Waals surface area contributed by atoms with Gasteiger partial charge in [0.25, 0.3) is 10.0 Å². The Morgan fingerprint density at radius 3 is 2.12 bits per heavy atom. The number of Topliss-reactive ketones (excluding diaryl/α,β-unsaturated/α-hetero) is 1. The molecule has 0 unspecified atom stereocenters. The summed E-state index contributed by atoms with van der Waals surface area (Å²) < 4.78 is 34.8. The Hall–Kier alpha value is -3.06. The van der Waals surface area contributed by atoms with Crippen molar-refractivity contribution < 1.29 is 17.9 Å². The van der Waals surface area contributed by atoms with Crippen LogP contribution in [0.2, 0.25) is 0 Å². The second kappa shape index (κ2) is 9.20. The van der Waals surface area contributed by atoms with Crippen LogP contribution >= 0.6 is 0 Å². The third kappa shape index (κ3) is 4.72. The maximum Gasteiger partial charge on any atom is 0.264 e. The summed E-state index contributed by atoms with van der Waals surface area (Å²) in [6.45, 7) is 9.93. The predicted octanol–water partition coefficient (Wildman–Crippen LogP) is 5.08. The van der Waals surface area contributed by atoms with E-state index >= 15 is 0 Å². The molecule has 0 spiro atoms. The molecule has 32 heavy (non-hydrogen) atoms. The fourth-order valence-electron chi connectivity index (χ4n) is 3.84. The van der Waals surface area contributed by atoms with E-state index in [-0.39, 0.29) is 23.3 Å². The molecule has 1 aromatic heterocycles. The summed E-state index contributed by atoms with van der Waals surface area (Å²) in [5.74, 6) is 0.411. The number of rotatable bonds is 8. The van der Waals surface area contributed by atoms with Gasteiger partial charge in [-0.05, 0) is 77.1 Å². The number of aromatic nitrogens is 1. The van der Waals surface area contributed by atoms with E-state index in [9.17, 15) is 13.2 Å². The van der Waals surface area contributed by atoms with Crippen LogP contribution in [0.3, 0.4) is 0 Å². The number of carbonyl (C=O) groups is 1. The lowest BCUT2D eigenvalue weighted by Crippen LogP contribution is -2.26. The lowest BCUT2D eigenvalue weighted by Gasteiger charge is -2.20. The molecular formula is C25H30N2O4S. The van der Waals surface area contributed by atoms with Crippen molar-refractivity contribution in [2.45, 2.75) is 45.6 Å². The lowest BCUT2D eigenvalue weighted by molar-refractivity contribution is 0.0920. The molecule has 0 saturated carbocycles. The largest absolute Gasteiger partial charge is 0.485 e. The minimum absolute atomic E-state index is 0.0841. The molecule has 3 rings (SSSR count). The number of sulfonamides is 1. The van der Waals surface area contributed by atoms with E-state index in [4.69, 9.17) is 4.74 Å². The zero-order chi connectivity index (χ0) is 23.6. The summed E-state index contributed by atoms with van der Waals surface area (Å²) >= 11 is 0. The summed E-state index contributed by atoms with van der Waals surface area (Å²) in [6, 6.07) is 15.6. The first-order valence-electron chi connectivity index (χ1n) is 10.5. The van der Waals surface area contributed by atoms with Gasteiger partial charge in [-0.15, -0.1) is 0 Å². The van der Waals surface area contributed by atoms with Crippen LogP contribution in [-0.2, 0) is 10.0 Å². The number of ether oxygens (including phenoxy) is 1. The molecule has 0 fully saturated rings. The predicted molar refractivity (Wildman–Crippen MR) is 127 cm³/mol. The van der Waals surface area contributed by atoms with Crippen LogP contribution in [0.5, 0.6) is 5.75 Å². The number of hydrogen-bond acceptors (Lipinski definition) is 4. The first-order chi connectivity index (χ1) is 15.0. The SMILES string of the molecule is Cc1ccc(S(=O)(=O)N(C)c2ccc(OCC(=O)c3cc(C)n(C(C)C)c3C)cc2)cc1. The van der Waals surface area contributed by atoms with Gasteiger partial charge in [0.05, 0.1) is 10.6 Å². The van der Waals surface area contributed by atoms with Crippen LogP contribution in [0, 0.1) is 20.8 Å². The Labute approximate surface area is 190 Å². The summed E-state index contributed by atoms with van der Waals surface area (Å²) in [4.78, 5) is 12.9. The summed E-state index contributed by atoms with van der Waals surface area (Å²) in [6.07, 6.45) is 0. The van der Waals surface area contributed by atoms with Gasteiger partial charge in [0, 0.05) is 30.0 Å². The Balaban J connectivity index is 1.69. The third-order valence-corrected chi connectivity index (χ3v) is 7.35. The van der Waals surface area contributed by atoms with Gasteiger partial charge in [-0.25, -0.2) is 8.42 Å². The van der Waals surface area contributed by atoms with E-state index in [1.807, 2.05) is 26.8 Å². The summed E-state index contributed by atoms with van der Waals surface area (Å²) in [5.41, 5.74) is 4.14. The number of benzene rings is 2. The molecule has 0 aliphatic carbocycles. The van der Waals surface area contributed by atoms with Gasteiger partial charge < -0.3 is 9.30 Å². The number of anilines is 1. The fourth-order valence-corrected chi connectivity index (χ4v) is 5.04. The van der Waals surface area contributed by atoms with E-state index in [1.165, 1.54) is 11.4 Å². The van der Waals surface area contributed by atoms with Crippen molar-refractivity contribution >= 4 is 21.5 Å². The van der Waals surface area contributed by atoms with Crippen molar-refractivity contribution in [3.05, 3.63) is 77.1 Å². The topological polar surface area (TPSA) is 68.6 Å². The van der Waals surface area contributed by atoms with E-state index in [0.29, 0.717) is 17.0 Å². The van der Waals surface area contributed by atoms with E-state index < -0.39 is 10.0 Å². The molecule has 170 valence electrons. The van der Waals surface area contributed by atoms with Crippen LogP contribution in [0.15, 0.2) is 59.5 Å². The van der Waals surface area contributed by atoms with Crippen LogP contribution in [-0.4, -0.2) is 32.4 Å². The number of carbonyl (C=O) groups excluding carboxylic acids is 1. The highest BCUT2D eigenvalue weighted by Gasteiger charge is 2.21. The minimum Gasteiger partial charge on any atom is -0.485 e. The maximum absolute atomic E-state index is 12.9. The first-order valence-corrected chi connectivity index (χ1v) is 12.0. The Morgan fingerprint density at radius 1 is 1.00 bits per heavy atom. The van der Waals surface area contributed by atoms with Gasteiger partial charge in [0.1, 0.15) is 5.75 Å². The number of hydrogen-bond donors (Lipinski definition) is 0. The normalized spacial score (nSPS) is 11.6. The minimum atomic E-state index is -3.66. The standard InChI is InChI=1S/C25H30N2O4S/c1-17(2)27-19(4)15-24(20(27)5)25(28)16-31-22-11-9-21(10-12-22)26(6)32(29,30)23-13-7-18(3)8-14-23/h7-15,17H,16H2,1-6H3. The molecule has 1 heterocycles. The molecule has 0 amide bonds. The molecule has 7 heteroatoms. The molecule has 0 atom stereocenters. The first kappa shape index (κ1) is 23.6. The second-order valence-corrected chi connectivity index (χ2v) is 10.2. The maximum atomic E-state index is 12.9. The molecule has 3 aromatic rings. The van der Waals surface area contributed by atoms with Crippen molar-refractivity contribution in [1.82, 2.24) is 4.57 Å². The van der Waals surface area contributed by atoms with Crippen LogP contribution < -0.4 is 9.04 Å². The molecule has 0 N–H and O–H groups in total. The Bertz CT molecular complexity index is 1210. The smallest absolute Gasteiger partial charge is 0.264 e. The Morgan fingerprint density at radius 2 is 1.59 bits per heavy atom. The highest BCUT2D eigenvalue weighted by atomic mass is 32.2. The van der Waals surface area contributed by atoms with Gasteiger partial charge in [-0.1, -0.05) is 17.7 Å². The quantitative estimate of drug-likeness (QED) is 0.445. The molecule has 0 saturated heterocycles. The lowest BCUT2D eigenvalue weighted by atomic mass is 10.1. The van der Waals surface area contributed by atoms with Crippen molar-refractivity contribution in [2.75, 3.05) is 18.0 Å². The van der Waals surface area contributed by atoms with E-state index in [2.05, 4.69) is 18.4 Å². The molecule has 0 bridgehead atoms. The highest BCUT2D eigenvalue weighted by Crippen LogP contribution is 2.25. The molecule has 0 radical (unpaired) electrons. The third-order valence-electron chi connectivity index (χ3n) is 5.55.